The average molecular weight is 301 g/mol. The topological polar surface area (TPSA) is 29.5 Å². The Morgan fingerprint density at radius 3 is 2.81 bits per heavy atom. The lowest BCUT2D eigenvalue weighted by molar-refractivity contribution is -0.129. The number of rotatable bonds is 4. The molecule has 1 aliphatic heterocycles. The van der Waals surface area contributed by atoms with E-state index in [0.717, 1.165) is 30.1 Å². The van der Waals surface area contributed by atoms with Gasteiger partial charge in [0.2, 0.25) is 5.91 Å². The van der Waals surface area contributed by atoms with Crippen LogP contribution in [0.3, 0.4) is 0 Å². The number of carbonyl (C=O) groups is 1. The molecule has 1 fully saturated rings. The van der Waals surface area contributed by atoms with Crippen LogP contribution in [0.4, 0.5) is 0 Å². The molecule has 1 aromatic heterocycles. The molecule has 21 heavy (non-hydrogen) atoms. The van der Waals surface area contributed by atoms with E-state index in [2.05, 4.69) is 12.1 Å². The predicted molar refractivity (Wildman–Crippen MR) is 85.0 cm³/mol. The summed E-state index contributed by atoms with van der Waals surface area (Å²) in [7, 11) is 1.68. The minimum absolute atomic E-state index is 0.244. The molecule has 4 heteroatoms. The first kappa shape index (κ1) is 14.1. The van der Waals surface area contributed by atoms with Crippen LogP contribution in [0.2, 0.25) is 0 Å². The Morgan fingerprint density at radius 1 is 1.33 bits per heavy atom. The number of ether oxygens (including phenoxy) is 1. The van der Waals surface area contributed by atoms with E-state index in [1.807, 2.05) is 34.5 Å². The molecule has 1 aliphatic rings. The van der Waals surface area contributed by atoms with E-state index in [1.54, 1.807) is 18.4 Å². The van der Waals surface area contributed by atoms with E-state index < -0.39 is 0 Å². The monoisotopic (exact) mass is 301 g/mol. The van der Waals surface area contributed by atoms with E-state index in [-0.39, 0.29) is 5.91 Å². The minimum Gasteiger partial charge on any atom is -0.497 e. The molecular formula is C17H19NO2S. The Morgan fingerprint density at radius 2 is 2.14 bits per heavy atom. The number of hydrogen-bond acceptors (Lipinski definition) is 3. The standard InChI is InChI=1S/C17H19NO2S/c1-20-15-6-4-13(5-7-15)14-8-9-18(12-14)17(19)11-16-3-2-10-21-16/h2-7,10,14H,8-9,11-12H2,1H3/t14-/m0/s1. The molecule has 1 aromatic carbocycles. The van der Waals surface area contributed by atoms with Crippen molar-refractivity contribution in [2.24, 2.45) is 0 Å². The number of hydrogen-bond donors (Lipinski definition) is 0. The van der Waals surface area contributed by atoms with Crippen LogP contribution < -0.4 is 4.74 Å². The zero-order chi connectivity index (χ0) is 14.7. The van der Waals surface area contributed by atoms with Crippen molar-refractivity contribution < 1.29 is 9.53 Å². The summed E-state index contributed by atoms with van der Waals surface area (Å²) in [6.45, 7) is 1.69. The molecule has 0 bridgehead atoms. The maximum Gasteiger partial charge on any atom is 0.227 e. The van der Waals surface area contributed by atoms with Crippen molar-refractivity contribution in [2.75, 3.05) is 20.2 Å². The van der Waals surface area contributed by atoms with Gasteiger partial charge in [-0.2, -0.15) is 0 Å². The van der Waals surface area contributed by atoms with Crippen molar-refractivity contribution in [1.82, 2.24) is 4.90 Å². The first-order valence-electron chi connectivity index (χ1n) is 7.20. The Bertz CT molecular complexity index is 592. The van der Waals surface area contributed by atoms with Gasteiger partial charge in [0.05, 0.1) is 13.5 Å². The van der Waals surface area contributed by atoms with Crippen LogP contribution in [0, 0.1) is 0 Å². The molecule has 2 heterocycles. The fourth-order valence-corrected chi connectivity index (χ4v) is 3.50. The van der Waals surface area contributed by atoms with E-state index >= 15 is 0 Å². The molecule has 3 rings (SSSR count). The fraction of sp³-hybridized carbons (Fsp3) is 0.353. The normalized spacial score (nSPS) is 18.0. The lowest BCUT2D eigenvalue weighted by Crippen LogP contribution is -2.29. The van der Waals surface area contributed by atoms with Gasteiger partial charge in [0.1, 0.15) is 5.75 Å². The molecule has 1 atom stereocenters. The minimum atomic E-state index is 0.244. The Hall–Kier alpha value is -1.81. The number of benzene rings is 1. The van der Waals surface area contributed by atoms with Gasteiger partial charge in [0.15, 0.2) is 0 Å². The molecule has 1 amide bonds. The van der Waals surface area contributed by atoms with Crippen molar-refractivity contribution >= 4 is 17.2 Å². The lowest BCUT2D eigenvalue weighted by atomic mass is 9.98. The van der Waals surface area contributed by atoms with Crippen molar-refractivity contribution in [2.45, 2.75) is 18.8 Å². The molecule has 0 radical (unpaired) electrons. The van der Waals surface area contributed by atoms with Crippen molar-refractivity contribution in [3.63, 3.8) is 0 Å². The van der Waals surface area contributed by atoms with Gasteiger partial charge in [-0.1, -0.05) is 18.2 Å². The molecule has 0 spiro atoms. The molecule has 3 nitrogen and oxygen atoms in total. The zero-order valence-electron chi connectivity index (χ0n) is 12.1. The molecule has 2 aromatic rings. The van der Waals surface area contributed by atoms with Gasteiger partial charge in [-0.25, -0.2) is 0 Å². The second kappa shape index (κ2) is 6.31. The SMILES string of the molecule is COc1ccc([C@H]2CCN(C(=O)Cc3cccs3)C2)cc1. The van der Waals surface area contributed by atoms with E-state index in [9.17, 15) is 4.79 Å². The lowest BCUT2D eigenvalue weighted by Gasteiger charge is -2.16. The van der Waals surface area contributed by atoms with E-state index in [1.165, 1.54) is 5.56 Å². The summed E-state index contributed by atoms with van der Waals surface area (Å²) in [4.78, 5) is 15.4. The van der Waals surface area contributed by atoms with Gasteiger partial charge in [0.25, 0.3) is 0 Å². The summed E-state index contributed by atoms with van der Waals surface area (Å²) in [6.07, 6.45) is 1.58. The first-order valence-corrected chi connectivity index (χ1v) is 8.08. The molecule has 0 N–H and O–H groups in total. The van der Waals surface area contributed by atoms with E-state index in [0.29, 0.717) is 12.3 Å². The largest absolute Gasteiger partial charge is 0.497 e. The van der Waals surface area contributed by atoms with Crippen molar-refractivity contribution in [1.29, 1.82) is 0 Å². The van der Waals surface area contributed by atoms with Gasteiger partial charge in [-0.05, 0) is 35.6 Å². The third-order valence-corrected chi connectivity index (χ3v) is 4.91. The van der Waals surface area contributed by atoms with Gasteiger partial charge < -0.3 is 9.64 Å². The number of thiophene rings is 1. The molecular weight excluding hydrogens is 282 g/mol. The summed E-state index contributed by atoms with van der Waals surface area (Å²) in [5.41, 5.74) is 1.29. The highest BCUT2D eigenvalue weighted by Crippen LogP contribution is 2.29. The van der Waals surface area contributed by atoms with Crippen LogP contribution in [0.1, 0.15) is 22.8 Å². The van der Waals surface area contributed by atoms with E-state index in [4.69, 9.17) is 4.74 Å². The maximum absolute atomic E-state index is 12.3. The summed E-state index contributed by atoms with van der Waals surface area (Å²) in [5, 5.41) is 2.02. The fourth-order valence-electron chi connectivity index (χ4n) is 2.81. The molecule has 1 saturated heterocycles. The Kier molecular flexibility index (Phi) is 4.25. The molecule has 0 aliphatic carbocycles. The summed E-state index contributed by atoms with van der Waals surface area (Å²) in [5.74, 6) is 1.57. The number of likely N-dealkylation sites (tertiary alicyclic amines) is 1. The highest BCUT2D eigenvalue weighted by atomic mass is 32.1. The van der Waals surface area contributed by atoms with Gasteiger partial charge in [-0.15, -0.1) is 11.3 Å². The van der Waals surface area contributed by atoms with Gasteiger partial charge in [0, 0.05) is 23.9 Å². The van der Waals surface area contributed by atoms with Crippen LogP contribution in [0.15, 0.2) is 41.8 Å². The highest BCUT2D eigenvalue weighted by molar-refractivity contribution is 7.10. The Labute approximate surface area is 129 Å². The highest BCUT2D eigenvalue weighted by Gasteiger charge is 2.27. The molecule has 0 unspecified atom stereocenters. The number of carbonyl (C=O) groups excluding carboxylic acids is 1. The van der Waals surface area contributed by atoms with Crippen LogP contribution in [0.25, 0.3) is 0 Å². The van der Waals surface area contributed by atoms with Crippen LogP contribution >= 0.6 is 11.3 Å². The smallest absolute Gasteiger partial charge is 0.227 e. The maximum atomic E-state index is 12.3. The summed E-state index contributed by atoms with van der Waals surface area (Å²) >= 11 is 1.65. The third-order valence-electron chi connectivity index (χ3n) is 4.03. The van der Waals surface area contributed by atoms with Crippen molar-refractivity contribution in [3.05, 3.63) is 52.2 Å². The van der Waals surface area contributed by atoms with Crippen LogP contribution in [0.5, 0.6) is 5.75 Å². The predicted octanol–water partition coefficient (Wildman–Crippen LogP) is 3.32. The summed E-state index contributed by atoms with van der Waals surface area (Å²) < 4.78 is 5.19. The summed E-state index contributed by atoms with van der Waals surface area (Å²) in [6, 6.07) is 12.2. The van der Waals surface area contributed by atoms with Crippen molar-refractivity contribution in [3.8, 4) is 5.75 Å². The molecule has 110 valence electrons. The quantitative estimate of drug-likeness (QED) is 0.867. The van der Waals surface area contributed by atoms with Gasteiger partial charge in [-0.3, -0.25) is 4.79 Å². The first-order chi connectivity index (χ1) is 10.3. The average Bonchev–Trinajstić information content (AvgIpc) is 3.18. The van der Waals surface area contributed by atoms with Crippen LogP contribution in [-0.4, -0.2) is 31.0 Å². The second-order valence-corrected chi connectivity index (χ2v) is 6.39. The number of amides is 1. The zero-order valence-corrected chi connectivity index (χ0v) is 12.9. The van der Waals surface area contributed by atoms with Crippen LogP contribution in [-0.2, 0) is 11.2 Å². The van der Waals surface area contributed by atoms with Gasteiger partial charge >= 0.3 is 0 Å². The molecule has 0 saturated carbocycles. The number of nitrogens with zero attached hydrogens (tertiary/aromatic N) is 1. The second-order valence-electron chi connectivity index (χ2n) is 5.35. The Balaban J connectivity index is 1.60. The number of methoxy groups -OCH3 is 1. The third kappa shape index (κ3) is 3.27.